The Labute approximate surface area is 128 Å². The average Bonchev–Trinajstić information content (AvgIpc) is 2.40. The Morgan fingerprint density at radius 1 is 1.16 bits per heavy atom. The van der Waals surface area contributed by atoms with Gasteiger partial charge < -0.3 is 5.32 Å². The van der Waals surface area contributed by atoms with Crippen LogP contribution in [-0.2, 0) is 0 Å². The normalized spacial score (nSPS) is 12.4. The van der Waals surface area contributed by atoms with Crippen molar-refractivity contribution in [2.75, 3.05) is 6.54 Å². The van der Waals surface area contributed by atoms with Crippen LogP contribution in [0.4, 0.5) is 0 Å². The van der Waals surface area contributed by atoms with Crippen molar-refractivity contribution in [2.45, 2.75) is 19.9 Å². The molecule has 0 fully saturated rings. The van der Waals surface area contributed by atoms with Gasteiger partial charge >= 0.3 is 0 Å². The number of hydrogen-bond acceptors (Lipinski definition) is 1. The quantitative estimate of drug-likeness (QED) is 0.817. The first-order valence-electron chi connectivity index (χ1n) is 6.37. The molecule has 19 heavy (non-hydrogen) atoms. The lowest BCUT2D eigenvalue weighted by molar-refractivity contribution is 0.628. The summed E-state index contributed by atoms with van der Waals surface area (Å²) in [5.41, 5.74) is 3.57. The van der Waals surface area contributed by atoms with Gasteiger partial charge in [-0.25, -0.2) is 0 Å². The van der Waals surface area contributed by atoms with E-state index in [0.29, 0.717) is 0 Å². The second-order valence-electron chi connectivity index (χ2n) is 4.54. The van der Waals surface area contributed by atoms with E-state index in [1.807, 2.05) is 18.2 Å². The van der Waals surface area contributed by atoms with E-state index in [0.717, 1.165) is 21.6 Å². The highest BCUT2D eigenvalue weighted by Gasteiger charge is 2.18. The van der Waals surface area contributed by atoms with Gasteiger partial charge in [0.2, 0.25) is 0 Å². The van der Waals surface area contributed by atoms with Crippen molar-refractivity contribution in [3.05, 3.63) is 68.7 Å². The van der Waals surface area contributed by atoms with Crippen molar-refractivity contribution in [1.82, 2.24) is 5.32 Å². The third kappa shape index (κ3) is 3.38. The van der Waals surface area contributed by atoms with E-state index in [1.54, 1.807) is 0 Å². The molecule has 0 saturated heterocycles. The summed E-state index contributed by atoms with van der Waals surface area (Å²) >= 11 is 9.98. The molecule has 3 heteroatoms. The second-order valence-corrected chi connectivity index (χ2v) is 5.80. The standard InChI is InChI=1S/C16H17BrClN/c1-3-19-16(12-6-4-5-7-15(12)18)13-10-11(2)8-9-14(13)17/h4-10,16,19H,3H2,1-2H3. The molecule has 0 amide bonds. The Hall–Kier alpha value is -0.830. The van der Waals surface area contributed by atoms with Crippen LogP contribution in [0.25, 0.3) is 0 Å². The SMILES string of the molecule is CCNC(c1ccccc1Cl)c1cc(C)ccc1Br. The molecule has 0 aliphatic carbocycles. The van der Waals surface area contributed by atoms with Gasteiger partial charge in [0.05, 0.1) is 6.04 Å². The van der Waals surface area contributed by atoms with E-state index in [-0.39, 0.29) is 6.04 Å². The number of aryl methyl sites for hydroxylation is 1. The minimum Gasteiger partial charge on any atom is -0.306 e. The Bertz CT molecular complexity index is 568. The van der Waals surface area contributed by atoms with Crippen LogP contribution in [-0.4, -0.2) is 6.54 Å². The topological polar surface area (TPSA) is 12.0 Å². The molecule has 0 bridgehead atoms. The lowest BCUT2D eigenvalue weighted by atomic mass is 9.97. The third-order valence-electron chi connectivity index (χ3n) is 3.09. The summed E-state index contributed by atoms with van der Waals surface area (Å²) in [7, 11) is 0. The van der Waals surface area contributed by atoms with Gasteiger partial charge in [-0.3, -0.25) is 0 Å². The number of nitrogens with one attached hydrogen (secondary N) is 1. The summed E-state index contributed by atoms with van der Waals surface area (Å²) in [5.74, 6) is 0. The van der Waals surface area contributed by atoms with Crippen molar-refractivity contribution in [3.63, 3.8) is 0 Å². The molecular weight excluding hydrogens is 322 g/mol. The first-order valence-corrected chi connectivity index (χ1v) is 7.54. The van der Waals surface area contributed by atoms with Crippen LogP contribution in [0.1, 0.15) is 29.7 Å². The Morgan fingerprint density at radius 3 is 2.58 bits per heavy atom. The highest BCUT2D eigenvalue weighted by atomic mass is 79.9. The first-order chi connectivity index (χ1) is 9.13. The summed E-state index contributed by atoms with van der Waals surface area (Å²) in [4.78, 5) is 0. The maximum Gasteiger partial charge on any atom is 0.0602 e. The third-order valence-corrected chi connectivity index (χ3v) is 4.15. The van der Waals surface area contributed by atoms with Crippen LogP contribution in [0.15, 0.2) is 46.9 Å². The number of hydrogen-bond donors (Lipinski definition) is 1. The fourth-order valence-electron chi connectivity index (χ4n) is 2.19. The summed E-state index contributed by atoms with van der Waals surface area (Å²) in [6.07, 6.45) is 0. The summed E-state index contributed by atoms with van der Waals surface area (Å²) in [6, 6.07) is 14.5. The van der Waals surface area contributed by atoms with Gasteiger partial charge in [0.15, 0.2) is 0 Å². The largest absolute Gasteiger partial charge is 0.306 e. The number of halogens is 2. The zero-order valence-corrected chi connectivity index (χ0v) is 13.4. The molecule has 0 spiro atoms. The van der Waals surface area contributed by atoms with Crippen molar-refractivity contribution in [2.24, 2.45) is 0 Å². The van der Waals surface area contributed by atoms with Gasteiger partial charge in [-0.2, -0.15) is 0 Å². The fraction of sp³-hybridized carbons (Fsp3) is 0.250. The molecule has 2 rings (SSSR count). The smallest absolute Gasteiger partial charge is 0.0602 e. The van der Waals surface area contributed by atoms with Crippen LogP contribution < -0.4 is 5.32 Å². The van der Waals surface area contributed by atoms with Crippen molar-refractivity contribution in [3.8, 4) is 0 Å². The Balaban J connectivity index is 2.51. The summed E-state index contributed by atoms with van der Waals surface area (Å²) in [6.45, 7) is 5.09. The first kappa shape index (κ1) is 14.6. The van der Waals surface area contributed by atoms with Crippen molar-refractivity contribution < 1.29 is 0 Å². The summed E-state index contributed by atoms with van der Waals surface area (Å²) in [5, 5.41) is 4.30. The predicted molar refractivity (Wildman–Crippen MR) is 85.9 cm³/mol. The van der Waals surface area contributed by atoms with Gasteiger partial charge in [0.1, 0.15) is 0 Å². The highest BCUT2D eigenvalue weighted by molar-refractivity contribution is 9.10. The molecule has 0 aromatic heterocycles. The average molecular weight is 339 g/mol. The molecule has 1 unspecified atom stereocenters. The molecular formula is C16H17BrClN. The minimum absolute atomic E-state index is 0.105. The molecule has 100 valence electrons. The maximum atomic E-state index is 6.34. The molecule has 2 aromatic carbocycles. The van der Waals surface area contributed by atoms with Crippen molar-refractivity contribution >= 4 is 27.5 Å². The summed E-state index contributed by atoms with van der Waals surface area (Å²) < 4.78 is 1.10. The van der Waals surface area contributed by atoms with Crippen LogP contribution in [0.3, 0.4) is 0 Å². The zero-order valence-electron chi connectivity index (χ0n) is 11.1. The highest BCUT2D eigenvalue weighted by Crippen LogP contribution is 2.32. The molecule has 2 aromatic rings. The minimum atomic E-state index is 0.105. The molecule has 1 nitrogen and oxygen atoms in total. The van der Waals surface area contributed by atoms with E-state index >= 15 is 0 Å². The van der Waals surface area contributed by atoms with E-state index < -0.39 is 0 Å². The number of rotatable bonds is 4. The van der Waals surface area contributed by atoms with Crippen molar-refractivity contribution in [1.29, 1.82) is 0 Å². The molecule has 0 saturated carbocycles. The molecule has 1 N–H and O–H groups in total. The Morgan fingerprint density at radius 2 is 1.89 bits per heavy atom. The van der Waals surface area contributed by atoms with Crippen LogP contribution in [0.2, 0.25) is 5.02 Å². The van der Waals surface area contributed by atoms with Crippen LogP contribution in [0.5, 0.6) is 0 Å². The molecule has 0 heterocycles. The molecule has 1 atom stereocenters. The van der Waals surface area contributed by atoms with Gasteiger partial charge in [-0.1, -0.05) is 70.3 Å². The Kier molecular flexibility index (Phi) is 5.03. The van der Waals surface area contributed by atoms with Crippen LogP contribution in [0, 0.1) is 6.92 Å². The predicted octanol–water partition coefficient (Wildman–Crippen LogP) is 5.11. The molecule has 0 aliphatic rings. The second kappa shape index (κ2) is 6.56. The monoisotopic (exact) mass is 337 g/mol. The van der Waals surface area contributed by atoms with E-state index in [1.165, 1.54) is 11.1 Å². The fourth-order valence-corrected chi connectivity index (χ4v) is 2.91. The maximum absolute atomic E-state index is 6.34. The van der Waals surface area contributed by atoms with Gasteiger partial charge in [-0.05, 0) is 36.7 Å². The number of benzene rings is 2. The molecule has 0 aliphatic heterocycles. The van der Waals surface area contributed by atoms with Gasteiger partial charge in [0.25, 0.3) is 0 Å². The lowest BCUT2D eigenvalue weighted by Gasteiger charge is -2.22. The van der Waals surface area contributed by atoms with E-state index in [9.17, 15) is 0 Å². The lowest BCUT2D eigenvalue weighted by Crippen LogP contribution is -2.22. The molecule has 0 radical (unpaired) electrons. The zero-order chi connectivity index (χ0) is 13.8. The van der Waals surface area contributed by atoms with E-state index in [4.69, 9.17) is 11.6 Å². The van der Waals surface area contributed by atoms with Gasteiger partial charge in [0, 0.05) is 9.50 Å². The van der Waals surface area contributed by atoms with Gasteiger partial charge in [-0.15, -0.1) is 0 Å². The van der Waals surface area contributed by atoms with E-state index in [2.05, 4.69) is 59.4 Å². The van der Waals surface area contributed by atoms with Crippen LogP contribution >= 0.6 is 27.5 Å².